The predicted octanol–water partition coefficient (Wildman–Crippen LogP) is 7.00. The number of allylic oxidation sites excluding steroid dienone is 1. The molecule has 2 heteroatoms. The van der Waals surface area contributed by atoms with Crippen molar-refractivity contribution in [2.75, 3.05) is 0 Å². The Bertz CT molecular complexity index is 801. The zero-order valence-electron chi connectivity index (χ0n) is 22.0. The van der Waals surface area contributed by atoms with Gasteiger partial charge < -0.3 is 10.2 Å². The molecule has 0 bridgehead atoms. The lowest BCUT2D eigenvalue weighted by Crippen LogP contribution is -2.69. The molecule has 11 atom stereocenters. The maximum Gasteiger partial charge on any atom is 0.0594 e. The van der Waals surface area contributed by atoms with Gasteiger partial charge in [0.15, 0.2) is 0 Å². The summed E-state index contributed by atoms with van der Waals surface area (Å²) in [6.07, 6.45) is 10.2. The molecule has 0 amide bonds. The Morgan fingerprint density at radius 1 is 0.812 bits per heavy atom. The summed E-state index contributed by atoms with van der Waals surface area (Å²) in [5.41, 5.74) is 2.31. The summed E-state index contributed by atoms with van der Waals surface area (Å²) in [4.78, 5) is 0. The molecule has 0 aromatic carbocycles. The second-order valence-corrected chi connectivity index (χ2v) is 14.9. The van der Waals surface area contributed by atoms with E-state index in [0.717, 1.165) is 19.3 Å². The van der Waals surface area contributed by atoms with E-state index in [1.807, 2.05) is 0 Å². The lowest BCUT2D eigenvalue weighted by molar-refractivity contribution is -0.275. The third-order valence-electron chi connectivity index (χ3n) is 13.4. The van der Waals surface area contributed by atoms with Crippen molar-refractivity contribution in [1.29, 1.82) is 0 Å². The minimum absolute atomic E-state index is 0.0621. The Kier molecular flexibility index (Phi) is 5.02. The fourth-order valence-corrected chi connectivity index (χ4v) is 11.5. The topological polar surface area (TPSA) is 40.5 Å². The molecule has 0 spiro atoms. The van der Waals surface area contributed by atoms with E-state index in [0.29, 0.717) is 35.0 Å². The number of hydrogen-bond donors (Lipinski definition) is 2. The summed E-state index contributed by atoms with van der Waals surface area (Å²) in [6, 6.07) is 0. The van der Waals surface area contributed by atoms with Crippen LogP contribution in [-0.4, -0.2) is 22.4 Å². The van der Waals surface area contributed by atoms with Gasteiger partial charge in [0.25, 0.3) is 0 Å². The Morgan fingerprint density at radius 3 is 2.16 bits per heavy atom. The van der Waals surface area contributed by atoms with Crippen molar-refractivity contribution in [2.45, 2.75) is 118 Å². The molecule has 182 valence electrons. The zero-order valence-corrected chi connectivity index (χ0v) is 22.0. The molecule has 0 aliphatic heterocycles. The van der Waals surface area contributed by atoms with E-state index in [9.17, 15) is 10.2 Å². The predicted molar refractivity (Wildman–Crippen MR) is 132 cm³/mol. The molecule has 5 saturated carbocycles. The van der Waals surface area contributed by atoms with E-state index in [1.54, 1.807) is 0 Å². The highest BCUT2D eigenvalue weighted by Crippen LogP contribution is 2.77. The third-order valence-corrected chi connectivity index (χ3v) is 13.4. The first-order chi connectivity index (χ1) is 14.7. The number of aliphatic hydroxyl groups excluding tert-OH is 2. The summed E-state index contributed by atoms with van der Waals surface area (Å²) in [5.74, 6) is 2.75. The van der Waals surface area contributed by atoms with Crippen molar-refractivity contribution in [1.82, 2.24) is 0 Å². The highest BCUT2D eigenvalue weighted by molar-refractivity contribution is 5.22. The highest BCUT2D eigenvalue weighted by Gasteiger charge is 2.72. The van der Waals surface area contributed by atoms with Crippen molar-refractivity contribution < 1.29 is 10.2 Å². The lowest BCUT2D eigenvalue weighted by Gasteiger charge is -2.73. The molecule has 2 nitrogen and oxygen atoms in total. The van der Waals surface area contributed by atoms with Crippen LogP contribution in [0.15, 0.2) is 12.2 Å². The molecule has 2 N–H and O–H groups in total. The molecular formula is C30H50O2. The van der Waals surface area contributed by atoms with Crippen LogP contribution in [0.1, 0.15) is 106 Å². The molecule has 0 radical (unpaired) electrons. The Morgan fingerprint density at radius 2 is 1.50 bits per heavy atom. The molecule has 5 fully saturated rings. The standard InChI is InChI=1S/C30H50O2/c1-18(2)19-9-12-27(5)15-16-29(7)20(24(19)27)17-21(31)25-28(6)13-11-23(32)26(3,4)22(28)10-14-30(25,29)8/h19-25,31-32H,1,9-17H2,2-8H3/t19-,20+,21+,22-,23+,24+,25+,27+,28-,29+,30+/m0/s1. The van der Waals surface area contributed by atoms with Crippen LogP contribution in [0.25, 0.3) is 0 Å². The van der Waals surface area contributed by atoms with E-state index in [-0.39, 0.29) is 33.9 Å². The Hall–Kier alpha value is -0.340. The largest absolute Gasteiger partial charge is 0.393 e. The normalized spacial score (nSPS) is 58.8. The molecule has 0 aromatic rings. The lowest BCUT2D eigenvalue weighted by atomic mass is 9.32. The van der Waals surface area contributed by atoms with Gasteiger partial charge in [0.05, 0.1) is 12.2 Å². The van der Waals surface area contributed by atoms with Gasteiger partial charge in [-0.1, -0.05) is 53.7 Å². The number of aliphatic hydroxyl groups is 2. The third kappa shape index (κ3) is 2.66. The summed E-state index contributed by atoms with van der Waals surface area (Å²) in [7, 11) is 0. The van der Waals surface area contributed by atoms with E-state index in [4.69, 9.17) is 0 Å². The second kappa shape index (κ2) is 6.87. The van der Waals surface area contributed by atoms with Crippen molar-refractivity contribution in [3.8, 4) is 0 Å². The number of rotatable bonds is 1. The average Bonchev–Trinajstić information content (AvgIpc) is 3.05. The van der Waals surface area contributed by atoms with Gasteiger partial charge in [-0.2, -0.15) is 0 Å². The highest BCUT2D eigenvalue weighted by atomic mass is 16.3. The van der Waals surface area contributed by atoms with Gasteiger partial charge >= 0.3 is 0 Å². The van der Waals surface area contributed by atoms with Gasteiger partial charge in [0, 0.05) is 0 Å². The fourth-order valence-electron chi connectivity index (χ4n) is 11.5. The number of hydrogen-bond acceptors (Lipinski definition) is 2. The molecule has 32 heavy (non-hydrogen) atoms. The molecular weight excluding hydrogens is 392 g/mol. The van der Waals surface area contributed by atoms with Gasteiger partial charge in [0.2, 0.25) is 0 Å². The fraction of sp³-hybridized carbons (Fsp3) is 0.933. The van der Waals surface area contributed by atoms with Crippen molar-refractivity contribution in [2.24, 2.45) is 56.7 Å². The summed E-state index contributed by atoms with van der Waals surface area (Å²) < 4.78 is 0. The van der Waals surface area contributed by atoms with E-state index >= 15 is 0 Å². The quantitative estimate of drug-likeness (QED) is 0.429. The summed E-state index contributed by atoms with van der Waals surface area (Å²) >= 11 is 0. The number of fused-ring (bicyclic) bond motifs is 7. The Labute approximate surface area is 197 Å². The summed E-state index contributed by atoms with van der Waals surface area (Å²) in [5, 5.41) is 22.9. The van der Waals surface area contributed by atoms with Crippen LogP contribution < -0.4 is 0 Å². The SMILES string of the molecule is C=C(C)[C@@H]1CC[C@]2(C)CC[C@]3(C)[C@H](C[C@@H](O)[C@@H]4[C@@]5(C)CC[C@@H](O)C(C)(C)[C@@H]5CC[C@]43C)[C@@H]12. The van der Waals surface area contributed by atoms with Gasteiger partial charge in [-0.3, -0.25) is 0 Å². The van der Waals surface area contributed by atoms with Gasteiger partial charge in [-0.15, -0.1) is 0 Å². The van der Waals surface area contributed by atoms with Crippen LogP contribution in [0, 0.1) is 56.7 Å². The van der Waals surface area contributed by atoms with Crippen molar-refractivity contribution in [3.63, 3.8) is 0 Å². The first-order valence-corrected chi connectivity index (χ1v) is 13.7. The van der Waals surface area contributed by atoms with Crippen LogP contribution in [0.2, 0.25) is 0 Å². The van der Waals surface area contributed by atoms with Crippen LogP contribution in [0.5, 0.6) is 0 Å². The van der Waals surface area contributed by atoms with Crippen molar-refractivity contribution in [3.05, 3.63) is 12.2 Å². The molecule has 5 aliphatic carbocycles. The maximum absolute atomic E-state index is 12.0. The molecule has 0 saturated heterocycles. The second-order valence-electron chi connectivity index (χ2n) is 14.9. The Balaban J connectivity index is 1.59. The van der Waals surface area contributed by atoms with Crippen LogP contribution in [0.4, 0.5) is 0 Å². The van der Waals surface area contributed by atoms with Crippen LogP contribution >= 0.6 is 0 Å². The van der Waals surface area contributed by atoms with Gasteiger partial charge in [-0.05, 0) is 121 Å². The van der Waals surface area contributed by atoms with Gasteiger partial charge in [-0.25, -0.2) is 0 Å². The van der Waals surface area contributed by atoms with E-state index in [1.165, 1.54) is 44.1 Å². The smallest absolute Gasteiger partial charge is 0.0594 e. The average molecular weight is 443 g/mol. The maximum atomic E-state index is 12.0. The van der Waals surface area contributed by atoms with Crippen molar-refractivity contribution >= 4 is 0 Å². The molecule has 0 heterocycles. The van der Waals surface area contributed by atoms with Gasteiger partial charge in [0.1, 0.15) is 0 Å². The first-order valence-electron chi connectivity index (χ1n) is 13.7. The molecule has 5 rings (SSSR count). The molecule has 5 aliphatic rings. The summed E-state index contributed by atoms with van der Waals surface area (Å²) in [6.45, 7) is 21.6. The van der Waals surface area contributed by atoms with Crippen LogP contribution in [-0.2, 0) is 0 Å². The zero-order chi connectivity index (χ0) is 23.5. The van der Waals surface area contributed by atoms with E-state index < -0.39 is 0 Å². The van der Waals surface area contributed by atoms with Crippen LogP contribution in [0.3, 0.4) is 0 Å². The first kappa shape index (κ1) is 23.4. The minimum atomic E-state index is -0.217. The molecule has 0 aromatic heterocycles. The monoisotopic (exact) mass is 442 g/mol. The van der Waals surface area contributed by atoms with E-state index in [2.05, 4.69) is 55.0 Å². The minimum Gasteiger partial charge on any atom is -0.393 e. The molecule has 0 unspecified atom stereocenters.